The predicted octanol–water partition coefficient (Wildman–Crippen LogP) is 4.45. The minimum atomic E-state index is -0.302. The number of hydrogen-bond donors (Lipinski definition) is 1. The molecule has 1 aliphatic rings. The number of anilines is 1. The van der Waals surface area contributed by atoms with Crippen LogP contribution in [0.3, 0.4) is 0 Å². The molecule has 3 aromatic rings. The molecule has 0 radical (unpaired) electrons. The van der Waals surface area contributed by atoms with Gasteiger partial charge in [-0.05, 0) is 62.3 Å². The summed E-state index contributed by atoms with van der Waals surface area (Å²) in [5.74, 6) is -0.833. The Labute approximate surface area is 193 Å². The van der Waals surface area contributed by atoms with Crippen molar-refractivity contribution in [3.63, 3.8) is 0 Å². The van der Waals surface area contributed by atoms with Crippen molar-refractivity contribution in [2.75, 3.05) is 25.5 Å². The first kappa shape index (κ1) is 22.4. The average Bonchev–Trinajstić information content (AvgIpc) is 3.07. The number of fused-ring (bicyclic) bond motifs is 1. The molecule has 0 atom stereocenters. The lowest BCUT2D eigenvalue weighted by atomic mass is 10.1. The Hall–Kier alpha value is -3.77. The average molecular weight is 442 g/mol. The number of nitrogens with one attached hydrogen (secondary N) is 1. The number of amides is 3. The van der Waals surface area contributed by atoms with Crippen molar-refractivity contribution in [3.05, 3.63) is 101 Å². The van der Waals surface area contributed by atoms with Gasteiger partial charge in [0.2, 0.25) is 0 Å². The van der Waals surface area contributed by atoms with Crippen LogP contribution >= 0.6 is 0 Å². The van der Waals surface area contributed by atoms with Gasteiger partial charge in [-0.1, -0.05) is 48.5 Å². The zero-order valence-corrected chi connectivity index (χ0v) is 18.7. The highest BCUT2D eigenvalue weighted by molar-refractivity contribution is 6.22. The molecule has 1 heterocycles. The van der Waals surface area contributed by atoms with Gasteiger partial charge in [0.25, 0.3) is 17.7 Å². The Balaban J connectivity index is 1.30. The highest BCUT2D eigenvalue weighted by Gasteiger charge is 2.35. The van der Waals surface area contributed by atoms with Crippen molar-refractivity contribution in [1.82, 2.24) is 9.80 Å². The third-order valence-electron chi connectivity index (χ3n) is 5.73. The zero-order chi connectivity index (χ0) is 23.2. The van der Waals surface area contributed by atoms with Crippen molar-refractivity contribution >= 4 is 23.4 Å². The van der Waals surface area contributed by atoms with Crippen LogP contribution in [0.25, 0.3) is 0 Å². The molecule has 0 spiro atoms. The zero-order valence-electron chi connectivity index (χ0n) is 18.7. The van der Waals surface area contributed by atoms with Crippen LogP contribution in [0.2, 0.25) is 0 Å². The first-order chi connectivity index (χ1) is 16.0. The number of imide groups is 1. The third-order valence-corrected chi connectivity index (χ3v) is 5.73. The summed E-state index contributed by atoms with van der Waals surface area (Å²) >= 11 is 0. The minimum absolute atomic E-state index is 0.260. The lowest BCUT2D eigenvalue weighted by Crippen LogP contribution is -2.31. The van der Waals surface area contributed by atoms with Crippen molar-refractivity contribution in [2.24, 2.45) is 0 Å². The lowest BCUT2D eigenvalue weighted by Gasteiger charge is -2.18. The summed E-state index contributed by atoms with van der Waals surface area (Å²) in [7, 11) is 2.07. The van der Waals surface area contributed by atoms with Crippen molar-refractivity contribution < 1.29 is 14.4 Å². The molecule has 6 nitrogen and oxygen atoms in total. The number of nitrogens with zero attached hydrogens (tertiary/aromatic N) is 2. The Bertz CT molecular complexity index is 1150. The van der Waals surface area contributed by atoms with E-state index in [4.69, 9.17) is 0 Å². The summed E-state index contributed by atoms with van der Waals surface area (Å²) in [6, 6.07) is 24.0. The highest BCUT2D eigenvalue weighted by atomic mass is 16.2. The molecule has 0 unspecified atom stereocenters. The van der Waals surface area contributed by atoms with Gasteiger partial charge in [0.05, 0.1) is 11.1 Å². The highest BCUT2D eigenvalue weighted by Crippen LogP contribution is 2.26. The van der Waals surface area contributed by atoms with E-state index in [1.54, 1.807) is 42.5 Å². The number of carbonyl (C=O) groups excluding carboxylic acids is 3. The molecule has 168 valence electrons. The van der Waals surface area contributed by atoms with Gasteiger partial charge >= 0.3 is 0 Å². The van der Waals surface area contributed by atoms with E-state index in [1.807, 2.05) is 24.3 Å². The maximum atomic E-state index is 12.9. The second kappa shape index (κ2) is 10.2. The number of hydrogen-bond acceptors (Lipinski definition) is 4. The van der Waals surface area contributed by atoms with Crippen molar-refractivity contribution in [2.45, 2.75) is 19.4 Å². The maximum absolute atomic E-state index is 12.9. The van der Waals surface area contributed by atoms with E-state index < -0.39 is 0 Å². The number of unbranched alkanes of at least 4 members (excludes halogenated alkanes) is 1. The predicted molar refractivity (Wildman–Crippen MR) is 128 cm³/mol. The molecule has 1 aliphatic heterocycles. The normalized spacial score (nSPS) is 12.8. The van der Waals surface area contributed by atoms with E-state index in [1.165, 1.54) is 10.5 Å². The van der Waals surface area contributed by atoms with Gasteiger partial charge in [-0.3, -0.25) is 19.3 Å². The molecule has 6 heteroatoms. The van der Waals surface area contributed by atoms with Gasteiger partial charge in [0, 0.05) is 24.3 Å². The van der Waals surface area contributed by atoms with Crippen LogP contribution in [-0.4, -0.2) is 47.7 Å². The van der Waals surface area contributed by atoms with Gasteiger partial charge in [-0.2, -0.15) is 0 Å². The molecule has 0 bridgehead atoms. The Kier molecular flexibility index (Phi) is 6.95. The number of rotatable bonds is 9. The fourth-order valence-electron chi connectivity index (χ4n) is 3.99. The molecule has 0 saturated carbocycles. The van der Waals surface area contributed by atoms with E-state index in [0.717, 1.165) is 25.9 Å². The molecule has 0 saturated heterocycles. The molecule has 0 aliphatic carbocycles. The summed E-state index contributed by atoms with van der Waals surface area (Å²) in [6.45, 7) is 2.14. The number of carbonyl (C=O) groups is 3. The monoisotopic (exact) mass is 441 g/mol. The quantitative estimate of drug-likeness (QED) is 0.394. The Morgan fingerprint density at radius 2 is 1.52 bits per heavy atom. The van der Waals surface area contributed by atoms with E-state index in [0.29, 0.717) is 28.9 Å². The topological polar surface area (TPSA) is 69.7 Å². The van der Waals surface area contributed by atoms with Gasteiger partial charge in [-0.15, -0.1) is 0 Å². The van der Waals surface area contributed by atoms with Crippen LogP contribution in [-0.2, 0) is 6.54 Å². The van der Waals surface area contributed by atoms with Crippen LogP contribution < -0.4 is 5.32 Å². The molecule has 3 amide bonds. The van der Waals surface area contributed by atoms with Crippen LogP contribution in [0.4, 0.5) is 5.69 Å². The van der Waals surface area contributed by atoms with Crippen LogP contribution in [0.15, 0.2) is 78.9 Å². The summed E-state index contributed by atoms with van der Waals surface area (Å²) in [6.07, 6.45) is 1.62. The van der Waals surface area contributed by atoms with Gasteiger partial charge in [0.15, 0.2) is 0 Å². The fourth-order valence-corrected chi connectivity index (χ4v) is 3.99. The first-order valence-electron chi connectivity index (χ1n) is 11.1. The molecular weight excluding hydrogens is 414 g/mol. The lowest BCUT2D eigenvalue weighted by molar-refractivity contribution is 0.0650. The Morgan fingerprint density at radius 3 is 2.24 bits per heavy atom. The van der Waals surface area contributed by atoms with E-state index >= 15 is 0 Å². The standard InChI is InChI=1S/C27H27N3O3/c1-29(19-20-10-4-2-5-11-20)16-8-9-17-30-26(32)23-15-14-22(18-24(23)27(30)33)28-25(31)21-12-6-3-7-13-21/h2-7,10-15,18H,8-9,16-17,19H2,1H3,(H,28,31). The van der Waals surface area contributed by atoms with E-state index in [-0.39, 0.29) is 17.7 Å². The second-order valence-electron chi connectivity index (χ2n) is 8.27. The molecular formula is C27H27N3O3. The van der Waals surface area contributed by atoms with Gasteiger partial charge in [-0.25, -0.2) is 0 Å². The second-order valence-corrected chi connectivity index (χ2v) is 8.27. The van der Waals surface area contributed by atoms with Crippen molar-refractivity contribution in [1.29, 1.82) is 0 Å². The summed E-state index contributed by atoms with van der Waals surface area (Å²) in [5.41, 5.74) is 3.01. The SMILES string of the molecule is CN(CCCCN1C(=O)c2ccc(NC(=O)c3ccccc3)cc2C1=O)Cc1ccccc1. The molecule has 33 heavy (non-hydrogen) atoms. The smallest absolute Gasteiger partial charge is 0.261 e. The first-order valence-corrected chi connectivity index (χ1v) is 11.1. The maximum Gasteiger partial charge on any atom is 0.261 e. The number of benzene rings is 3. The molecule has 0 fully saturated rings. The van der Waals surface area contributed by atoms with Gasteiger partial charge in [0.1, 0.15) is 0 Å². The minimum Gasteiger partial charge on any atom is -0.322 e. The molecule has 4 rings (SSSR count). The Morgan fingerprint density at radius 1 is 0.848 bits per heavy atom. The van der Waals surface area contributed by atoms with Crippen LogP contribution in [0.1, 0.15) is 49.5 Å². The van der Waals surface area contributed by atoms with Crippen LogP contribution in [0, 0.1) is 0 Å². The summed E-state index contributed by atoms with van der Waals surface area (Å²) in [4.78, 5) is 41.5. The summed E-state index contributed by atoms with van der Waals surface area (Å²) < 4.78 is 0. The largest absolute Gasteiger partial charge is 0.322 e. The van der Waals surface area contributed by atoms with Crippen molar-refractivity contribution in [3.8, 4) is 0 Å². The van der Waals surface area contributed by atoms with E-state index in [9.17, 15) is 14.4 Å². The fraction of sp³-hybridized carbons (Fsp3) is 0.222. The summed E-state index contributed by atoms with van der Waals surface area (Å²) in [5, 5.41) is 2.80. The molecule has 1 N–H and O–H groups in total. The molecule has 0 aromatic heterocycles. The van der Waals surface area contributed by atoms with Gasteiger partial charge < -0.3 is 10.2 Å². The third kappa shape index (κ3) is 5.35. The van der Waals surface area contributed by atoms with E-state index in [2.05, 4.69) is 29.4 Å². The van der Waals surface area contributed by atoms with Crippen LogP contribution in [0.5, 0.6) is 0 Å². The molecule has 3 aromatic carbocycles.